The lowest BCUT2D eigenvalue weighted by Crippen LogP contribution is -2.14. The molecule has 344 valence electrons. The van der Waals surface area contributed by atoms with Crippen molar-refractivity contribution < 1.29 is 27.5 Å². The van der Waals surface area contributed by atoms with E-state index in [1.165, 1.54) is 6.26 Å². The first-order valence-corrected chi connectivity index (χ1v) is 25.3. The molecule has 1 N–H and O–H groups in total. The number of rotatable bonds is 8. The van der Waals surface area contributed by atoms with Crippen LogP contribution in [0.4, 0.5) is 0 Å². The molecular formula is C54H42Br2N6O6S. The molecule has 0 fully saturated rings. The van der Waals surface area contributed by atoms with Crippen LogP contribution in [0, 0.1) is 0 Å². The van der Waals surface area contributed by atoms with Crippen molar-refractivity contribution in [3.63, 3.8) is 0 Å². The van der Waals surface area contributed by atoms with Crippen LogP contribution in [0.2, 0.25) is 0 Å². The van der Waals surface area contributed by atoms with Gasteiger partial charge in [-0.05, 0) is 133 Å². The quantitative estimate of drug-likeness (QED) is 0.157. The highest BCUT2D eigenvalue weighted by molar-refractivity contribution is 9.11. The first-order chi connectivity index (χ1) is 33.5. The first kappa shape index (κ1) is 46.6. The zero-order chi connectivity index (χ0) is 48.2. The molecular weight excluding hydrogens is 1020 g/mol. The summed E-state index contributed by atoms with van der Waals surface area (Å²) < 4.78 is 40.3. The third-order valence-electron chi connectivity index (χ3n) is 11.3. The Hall–Kier alpha value is -7.46. The molecule has 0 atom stereocenters. The van der Waals surface area contributed by atoms with Gasteiger partial charge in [-0.3, -0.25) is 18.7 Å². The Morgan fingerprint density at radius 3 is 1.61 bits per heavy atom. The Bertz CT molecular complexity index is 3830. The number of fused-ring (bicyclic) bond motifs is 5. The number of nitrogens with zero attached hydrogens (tertiary/aromatic N) is 5. The van der Waals surface area contributed by atoms with Crippen LogP contribution < -0.4 is 9.47 Å². The van der Waals surface area contributed by atoms with Gasteiger partial charge in [-0.2, -0.15) is 0 Å². The number of halogens is 2. The van der Waals surface area contributed by atoms with Crippen molar-refractivity contribution in [1.82, 2.24) is 29.1 Å². The van der Waals surface area contributed by atoms with Gasteiger partial charge in [0.15, 0.2) is 9.84 Å². The lowest BCUT2D eigenvalue weighted by molar-refractivity contribution is 0.0954. The molecule has 0 aliphatic carbocycles. The van der Waals surface area contributed by atoms with Gasteiger partial charge in [-0.25, -0.2) is 23.4 Å². The van der Waals surface area contributed by atoms with Gasteiger partial charge < -0.3 is 14.5 Å². The molecule has 0 saturated heterocycles. The Morgan fingerprint density at radius 1 is 0.565 bits per heavy atom. The van der Waals surface area contributed by atoms with Crippen LogP contribution in [0.25, 0.3) is 65.8 Å². The number of hydrogen-bond acceptors (Lipinski definition) is 9. The number of aromatic nitrogens is 6. The van der Waals surface area contributed by atoms with Gasteiger partial charge in [-0.15, -0.1) is 0 Å². The molecule has 6 heterocycles. The van der Waals surface area contributed by atoms with Gasteiger partial charge in [0.2, 0.25) is 0 Å². The molecule has 6 aromatic heterocycles. The van der Waals surface area contributed by atoms with Crippen LogP contribution in [0.5, 0.6) is 11.5 Å². The summed E-state index contributed by atoms with van der Waals surface area (Å²) in [6, 6.07) is 41.2. The van der Waals surface area contributed by atoms with E-state index in [2.05, 4.69) is 51.8 Å². The van der Waals surface area contributed by atoms with Crippen molar-refractivity contribution in [1.29, 1.82) is 0 Å². The van der Waals surface area contributed by atoms with Crippen LogP contribution in [0.1, 0.15) is 34.6 Å². The van der Waals surface area contributed by atoms with Gasteiger partial charge in [0, 0.05) is 74.1 Å². The van der Waals surface area contributed by atoms with Crippen molar-refractivity contribution in [3.05, 3.63) is 191 Å². The Labute approximate surface area is 413 Å². The van der Waals surface area contributed by atoms with E-state index in [9.17, 15) is 18.0 Å². The molecule has 5 aromatic carbocycles. The zero-order valence-electron chi connectivity index (χ0n) is 37.4. The average molecular weight is 1060 g/mol. The lowest BCUT2D eigenvalue weighted by Gasteiger charge is -2.13. The second-order valence-corrected chi connectivity index (χ2v) is 19.4. The summed E-state index contributed by atoms with van der Waals surface area (Å²) in [5.41, 5.74) is 4.67. The summed E-state index contributed by atoms with van der Waals surface area (Å²) in [4.78, 5) is 43.6. The van der Waals surface area contributed by atoms with E-state index in [4.69, 9.17) is 9.47 Å². The van der Waals surface area contributed by atoms with Gasteiger partial charge in [0.05, 0.1) is 29.2 Å². The molecule has 0 bridgehead atoms. The molecule has 0 saturated carbocycles. The SMILES string of the molecule is Brc1c[nH]c2ncccc12.CCOc1ccc2ccccc2c1C(=O)n1cc(-c2ccc(S(C)(=O)=O)cc2)c2cccnc21.CCOc1ccc2ccccc2c1C(=O)n1cc(Br)c2cccnc21. The number of hydrogen-bond donors (Lipinski definition) is 1. The van der Waals surface area contributed by atoms with Gasteiger partial charge in [0.1, 0.15) is 28.4 Å². The first-order valence-electron chi connectivity index (χ1n) is 21.8. The van der Waals surface area contributed by atoms with Crippen LogP contribution in [0.3, 0.4) is 0 Å². The highest BCUT2D eigenvalue weighted by Gasteiger charge is 2.24. The minimum Gasteiger partial charge on any atom is -0.493 e. The molecule has 12 nitrogen and oxygen atoms in total. The van der Waals surface area contributed by atoms with Crippen molar-refractivity contribution in [3.8, 4) is 22.6 Å². The van der Waals surface area contributed by atoms with E-state index in [0.717, 1.165) is 63.4 Å². The van der Waals surface area contributed by atoms with E-state index >= 15 is 0 Å². The molecule has 11 aromatic rings. The van der Waals surface area contributed by atoms with Crippen molar-refractivity contribution in [2.24, 2.45) is 0 Å². The number of H-pyrrole nitrogens is 1. The number of pyridine rings is 3. The molecule has 0 unspecified atom stereocenters. The highest BCUT2D eigenvalue weighted by atomic mass is 79.9. The molecule has 0 spiro atoms. The Kier molecular flexibility index (Phi) is 13.5. The average Bonchev–Trinajstić information content (AvgIpc) is 4.06. The summed E-state index contributed by atoms with van der Waals surface area (Å²) in [7, 11) is -3.31. The largest absolute Gasteiger partial charge is 0.493 e. The summed E-state index contributed by atoms with van der Waals surface area (Å²) in [5, 5.41) is 6.42. The highest BCUT2D eigenvalue weighted by Crippen LogP contribution is 2.35. The Morgan fingerprint density at radius 2 is 1.06 bits per heavy atom. The second-order valence-electron chi connectivity index (χ2n) is 15.6. The third kappa shape index (κ3) is 9.40. The summed E-state index contributed by atoms with van der Waals surface area (Å²) in [6.07, 6.45) is 11.7. The third-order valence-corrected chi connectivity index (χ3v) is 13.7. The fraction of sp³-hybridized carbons (Fsp3) is 0.0926. The van der Waals surface area contributed by atoms with Crippen LogP contribution in [-0.4, -0.2) is 68.8 Å². The van der Waals surface area contributed by atoms with Crippen LogP contribution in [0.15, 0.2) is 184 Å². The molecule has 0 aliphatic rings. The summed E-state index contributed by atoms with van der Waals surface area (Å²) in [6.45, 7) is 4.72. The fourth-order valence-electron chi connectivity index (χ4n) is 8.16. The van der Waals surface area contributed by atoms with Crippen molar-refractivity contribution in [2.45, 2.75) is 18.7 Å². The Balaban J connectivity index is 0.000000147. The molecule has 69 heavy (non-hydrogen) atoms. The summed E-state index contributed by atoms with van der Waals surface area (Å²) >= 11 is 6.91. The topological polar surface area (TPSA) is 151 Å². The van der Waals surface area contributed by atoms with E-state index in [1.54, 1.807) is 64.4 Å². The molecule has 11 rings (SSSR count). The maximum Gasteiger partial charge on any atom is 0.267 e. The smallest absolute Gasteiger partial charge is 0.267 e. The maximum absolute atomic E-state index is 14.0. The van der Waals surface area contributed by atoms with E-state index in [0.29, 0.717) is 47.1 Å². The number of nitrogens with one attached hydrogen (secondary N) is 1. The predicted molar refractivity (Wildman–Crippen MR) is 279 cm³/mol. The van der Waals surface area contributed by atoms with E-state index in [1.807, 2.05) is 129 Å². The minimum absolute atomic E-state index is 0.158. The monoisotopic (exact) mass is 1060 g/mol. The van der Waals surface area contributed by atoms with E-state index < -0.39 is 9.84 Å². The molecule has 15 heteroatoms. The lowest BCUT2D eigenvalue weighted by atomic mass is 10.0. The normalized spacial score (nSPS) is 11.3. The second kappa shape index (κ2) is 20.0. The van der Waals surface area contributed by atoms with E-state index in [-0.39, 0.29) is 16.7 Å². The molecule has 0 radical (unpaired) electrons. The molecule has 0 amide bonds. The zero-order valence-corrected chi connectivity index (χ0v) is 41.4. The van der Waals surface area contributed by atoms with Crippen LogP contribution in [-0.2, 0) is 9.84 Å². The number of aromatic amines is 1. The number of sulfone groups is 1. The maximum atomic E-state index is 14.0. The summed E-state index contributed by atoms with van der Waals surface area (Å²) in [5.74, 6) is 0.695. The van der Waals surface area contributed by atoms with Crippen LogP contribution >= 0.6 is 31.9 Å². The predicted octanol–water partition coefficient (Wildman–Crippen LogP) is 12.7. The van der Waals surface area contributed by atoms with Crippen molar-refractivity contribution in [2.75, 3.05) is 19.5 Å². The van der Waals surface area contributed by atoms with Crippen molar-refractivity contribution >= 4 is 108 Å². The molecule has 0 aliphatic heterocycles. The number of carbonyl (C=O) groups is 2. The van der Waals surface area contributed by atoms with Gasteiger partial charge >= 0.3 is 0 Å². The minimum atomic E-state index is -3.31. The number of carbonyl (C=O) groups excluding carboxylic acids is 2. The number of ether oxygens (including phenoxy) is 2. The standard InChI is InChI=1S/C27H22N2O4S.C20H15BrN2O2.C7H5BrN2/c1-3-33-24-15-12-18-7-4-5-8-21(18)25(24)27(30)29-17-23(22-9-6-16-28-26(22)29)19-10-13-20(14-11-19)34(2,31)32;1-2-25-17-10-9-13-6-3-4-7-14(13)18(17)20(24)23-12-16(21)15-8-5-11-22-19(15)23;8-6-4-10-7-5(6)2-1-3-9-7/h4-17H,3H2,1-2H3;3-12H,2H2,1H3;1-4H,(H,9,10). The van der Waals surface area contributed by atoms with Gasteiger partial charge in [0.25, 0.3) is 11.8 Å². The number of benzene rings is 5. The van der Waals surface area contributed by atoms with Gasteiger partial charge in [-0.1, -0.05) is 72.8 Å². The fourth-order valence-corrected chi connectivity index (χ4v) is 9.74.